The van der Waals surface area contributed by atoms with Gasteiger partial charge in [-0.2, -0.15) is 11.8 Å². The number of carbonyl (C=O) groups is 3. The first-order valence-corrected chi connectivity index (χ1v) is 13.3. The lowest BCUT2D eigenvalue weighted by Gasteiger charge is -2.35. The number of hydrogen-bond acceptors (Lipinski definition) is 5. The third-order valence-corrected chi connectivity index (χ3v) is 7.77. The molecule has 2 unspecified atom stereocenters. The molecule has 2 amide bonds. The molecule has 2 atom stereocenters. The van der Waals surface area contributed by atoms with Gasteiger partial charge in [-0.15, -0.1) is 0 Å². The molecule has 0 radical (unpaired) electrons. The highest BCUT2D eigenvalue weighted by atomic mass is 32.2. The van der Waals surface area contributed by atoms with E-state index in [0.29, 0.717) is 18.7 Å². The largest absolute Gasteiger partial charge is 0.481 e. The molecule has 1 aliphatic carbocycles. The van der Waals surface area contributed by atoms with Crippen LogP contribution in [-0.4, -0.2) is 64.7 Å². The smallest absolute Gasteiger partial charge is 0.407 e. The number of hydrogen-bond donors (Lipinski definition) is 2. The number of carboxylic acids is 1. The highest BCUT2D eigenvalue weighted by Crippen LogP contribution is 2.44. The molecule has 1 saturated heterocycles. The van der Waals surface area contributed by atoms with Gasteiger partial charge in [0.1, 0.15) is 6.61 Å². The SMILES string of the molecule is CCCC(CC(=O)N1CCSCC1CC(=O)O)NC(=O)OCC1c2ccccc2-c2ccccc21. The van der Waals surface area contributed by atoms with Crippen molar-refractivity contribution in [2.75, 3.05) is 24.7 Å². The van der Waals surface area contributed by atoms with E-state index in [1.807, 2.05) is 31.2 Å². The Balaban J connectivity index is 1.36. The van der Waals surface area contributed by atoms with Crippen LogP contribution < -0.4 is 5.32 Å². The van der Waals surface area contributed by atoms with Gasteiger partial charge in [-0.3, -0.25) is 9.59 Å². The van der Waals surface area contributed by atoms with Gasteiger partial charge in [0.2, 0.25) is 5.91 Å². The lowest BCUT2D eigenvalue weighted by molar-refractivity contribution is -0.140. The topological polar surface area (TPSA) is 95.9 Å². The van der Waals surface area contributed by atoms with E-state index in [4.69, 9.17) is 4.74 Å². The molecule has 1 heterocycles. The maximum atomic E-state index is 13.0. The number of carboxylic acid groups (broad SMARTS) is 1. The molecule has 35 heavy (non-hydrogen) atoms. The van der Waals surface area contributed by atoms with Crippen LogP contribution >= 0.6 is 11.8 Å². The lowest BCUT2D eigenvalue weighted by atomic mass is 9.98. The Bertz CT molecular complexity index is 1030. The second-order valence-electron chi connectivity index (χ2n) is 9.07. The van der Waals surface area contributed by atoms with Crippen LogP contribution in [0.25, 0.3) is 11.1 Å². The van der Waals surface area contributed by atoms with Crippen molar-refractivity contribution in [2.24, 2.45) is 0 Å². The minimum absolute atomic E-state index is 0.0259. The van der Waals surface area contributed by atoms with Crippen molar-refractivity contribution in [3.63, 3.8) is 0 Å². The number of thioether (sulfide) groups is 1. The van der Waals surface area contributed by atoms with Crippen LogP contribution in [0.5, 0.6) is 0 Å². The van der Waals surface area contributed by atoms with Gasteiger partial charge in [0, 0.05) is 36.4 Å². The Morgan fingerprint density at radius 1 is 1.11 bits per heavy atom. The quantitative estimate of drug-likeness (QED) is 0.531. The fraction of sp³-hybridized carbons (Fsp3) is 0.444. The Labute approximate surface area is 210 Å². The molecule has 4 rings (SSSR count). The first kappa shape index (κ1) is 25.1. The Kier molecular flexibility index (Phi) is 8.33. The van der Waals surface area contributed by atoms with Gasteiger partial charge in [0.15, 0.2) is 0 Å². The van der Waals surface area contributed by atoms with Crippen molar-refractivity contribution in [2.45, 2.75) is 50.6 Å². The predicted molar refractivity (Wildman–Crippen MR) is 137 cm³/mol. The summed E-state index contributed by atoms with van der Waals surface area (Å²) in [5.41, 5.74) is 4.63. The van der Waals surface area contributed by atoms with E-state index in [1.54, 1.807) is 16.7 Å². The Morgan fingerprint density at radius 2 is 1.77 bits per heavy atom. The van der Waals surface area contributed by atoms with Crippen molar-refractivity contribution in [3.05, 3.63) is 59.7 Å². The fourth-order valence-corrected chi connectivity index (χ4v) is 6.12. The maximum absolute atomic E-state index is 13.0. The molecular weight excluding hydrogens is 464 g/mol. The molecule has 2 aromatic carbocycles. The molecule has 8 heteroatoms. The van der Waals surface area contributed by atoms with Crippen LogP contribution in [0.1, 0.15) is 49.7 Å². The van der Waals surface area contributed by atoms with Gasteiger partial charge in [0.05, 0.1) is 12.5 Å². The molecule has 2 aromatic rings. The number of rotatable bonds is 9. The fourth-order valence-electron chi connectivity index (χ4n) is 5.06. The van der Waals surface area contributed by atoms with Crippen molar-refractivity contribution in [1.82, 2.24) is 10.2 Å². The van der Waals surface area contributed by atoms with Crippen LogP contribution in [0.2, 0.25) is 0 Å². The van der Waals surface area contributed by atoms with Crippen LogP contribution in [0.4, 0.5) is 4.79 Å². The number of benzene rings is 2. The third-order valence-electron chi connectivity index (χ3n) is 6.68. The maximum Gasteiger partial charge on any atom is 0.407 e. The van der Waals surface area contributed by atoms with E-state index >= 15 is 0 Å². The summed E-state index contributed by atoms with van der Waals surface area (Å²) < 4.78 is 5.66. The van der Waals surface area contributed by atoms with Gasteiger partial charge >= 0.3 is 12.1 Å². The summed E-state index contributed by atoms with van der Waals surface area (Å²) in [6, 6.07) is 15.7. The normalized spacial score (nSPS) is 17.9. The summed E-state index contributed by atoms with van der Waals surface area (Å²) in [5.74, 6) is 0.365. The first-order chi connectivity index (χ1) is 17.0. The number of amides is 2. The molecule has 1 aliphatic heterocycles. The zero-order chi connectivity index (χ0) is 24.8. The van der Waals surface area contributed by atoms with Gasteiger partial charge in [0.25, 0.3) is 0 Å². The molecule has 0 aromatic heterocycles. The van der Waals surface area contributed by atoms with E-state index in [1.165, 1.54) is 11.1 Å². The number of ether oxygens (including phenoxy) is 1. The van der Waals surface area contributed by atoms with Gasteiger partial charge in [-0.05, 0) is 28.7 Å². The molecule has 0 saturated carbocycles. The van der Waals surface area contributed by atoms with Crippen molar-refractivity contribution >= 4 is 29.7 Å². The number of nitrogens with zero attached hydrogens (tertiary/aromatic N) is 1. The van der Waals surface area contributed by atoms with Crippen LogP contribution in [0.15, 0.2) is 48.5 Å². The second-order valence-corrected chi connectivity index (χ2v) is 10.2. The summed E-state index contributed by atoms with van der Waals surface area (Å²) in [6.45, 7) is 2.75. The minimum Gasteiger partial charge on any atom is -0.481 e. The highest BCUT2D eigenvalue weighted by molar-refractivity contribution is 7.99. The van der Waals surface area contributed by atoms with E-state index in [2.05, 4.69) is 29.6 Å². The number of fused-ring (bicyclic) bond motifs is 3. The van der Waals surface area contributed by atoms with E-state index in [9.17, 15) is 19.5 Å². The summed E-state index contributed by atoms with van der Waals surface area (Å²) >= 11 is 1.67. The second kappa shape index (κ2) is 11.6. The first-order valence-electron chi connectivity index (χ1n) is 12.2. The monoisotopic (exact) mass is 496 g/mol. The molecule has 2 N–H and O–H groups in total. The van der Waals surface area contributed by atoms with Gasteiger partial charge in [-0.1, -0.05) is 61.9 Å². The molecule has 186 valence electrons. The molecule has 0 spiro atoms. The average molecular weight is 497 g/mol. The molecular formula is C27H32N2O5S. The Morgan fingerprint density at radius 3 is 2.40 bits per heavy atom. The molecule has 0 bridgehead atoms. The van der Waals surface area contributed by atoms with Crippen molar-refractivity contribution < 1.29 is 24.2 Å². The number of nitrogens with one attached hydrogen (secondary N) is 1. The van der Waals surface area contributed by atoms with Crippen LogP contribution in [-0.2, 0) is 14.3 Å². The zero-order valence-corrected chi connectivity index (χ0v) is 20.8. The molecule has 2 aliphatic rings. The predicted octanol–water partition coefficient (Wildman–Crippen LogP) is 4.50. The van der Waals surface area contributed by atoms with Gasteiger partial charge in [-0.25, -0.2) is 4.79 Å². The highest BCUT2D eigenvalue weighted by Gasteiger charge is 2.31. The standard InChI is InChI=1S/C27H32N2O5S/c1-2-7-18(14-25(30)29-12-13-35-17-19(29)15-26(31)32)28-27(33)34-16-24-22-10-5-3-8-20(22)21-9-4-6-11-23(21)24/h3-6,8-11,18-19,24H,2,7,12-17H2,1H3,(H,28,33)(H,31,32). The average Bonchev–Trinajstić information content (AvgIpc) is 3.16. The molecule has 7 nitrogen and oxygen atoms in total. The van der Waals surface area contributed by atoms with Gasteiger partial charge < -0.3 is 20.1 Å². The summed E-state index contributed by atoms with van der Waals surface area (Å²) in [4.78, 5) is 38.7. The van der Waals surface area contributed by atoms with Crippen LogP contribution in [0.3, 0.4) is 0 Å². The van der Waals surface area contributed by atoms with Crippen molar-refractivity contribution in [1.29, 1.82) is 0 Å². The number of aliphatic carboxylic acids is 1. The van der Waals surface area contributed by atoms with E-state index < -0.39 is 12.1 Å². The minimum atomic E-state index is -0.905. The molecule has 1 fully saturated rings. The van der Waals surface area contributed by atoms with Crippen LogP contribution in [0, 0.1) is 0 Å². The Hall–Kier alpha value is -3.00. The number of carbonyl (C=O) groups excluding carboxylic acids is 2. The summed E-state index contributed by atoms with van der Waals surface area (Å²) in [6.07, 6.45) is 0.989. The lowest BCUT2D eigenvalue weighted by Crippen LogP contribution is -2.49. The van der Waals surface area contributed by atoms with Crippen molar-refractivity contribution in [3.8, 4) is 11.1 Å². The van der Waals surface area contributed by atoms with E-state index in [-0.39, 0.29) is 43.4 Å². The summed E-state index contributed by atoms with van der Waals surface area (Å²) in [7, 11) is 0. The third kappa shape index (κ3) is 5.99. The number of alkyl carbamates (subject to hydrolysis) is 1. The summed E-state index contributed by atoms with van der Waals surface area (Å²) in [5, 5.41) is 12.1. The van der Waals surface area contributed by atoms with E-state index in [0.717, 1.165) is 23.3 Å². The zero-order valence-electron chi connectivity index (χ0n) is 19.9.